The molecule has 1 N–H and O–H groups in total. The lowest BCUT2D eigenvalue weighted by Crippen LogP contribution is -2.25. The summed E-state index contributed by atoms with van der Waals surface area (Å²) in [7, 11) is 5.97. The zero-order valence-corrected chi connectivity index (χ0v) is 17.2. The molecule has 2 aromatic heterocycles. The molecule has 29 heavy (non-hydrogen) atoms. The predicted octanol–water partition coefficient (Wildman–Crippen LogP) is 3.10. The van der Waals surface area contributed by atoms with Crippen LogP contribution in [0, 0.1) is 0 Å². The molecule has 6 nitrogen and oxygen atoms in total. The number of aromatic nitrogens is 2. The van der Waals surface area contributed by atoms with E-state index in [-0.39, 0.29) is 5.91 Å². The van der Waals surface area contributed by atoms with Gasteiger partial charge in [-0.15, -0.1) is 0 Å². The van der Waals surface area contributed by atoms with Crippen LogP contribution < -0.4 is 5.32 Å². The van der Waals surface area contributed by atoms with Crippen LogP contribution in [0.2, 0.25) is 0 Å². The van der Waals surface area contributed by atoms with E-state index < -0.39 is 0 Å². The van der Waals surface area contributed by atoms with E-state index in [0.717, 1.165) is 42.3 Å². The van der Waals surface area contributed by atoms with Gasteiger partial charge in [0, 0.05) is 62.8 Å². The fourth-order valence-electron chi connectivity index (χ4n) is 3.75. The minimum Gasteiger partial charge on any atom is -0.369 e. The first kappa shape index (κ1) is 19.2. The number of hydrogen-bond acceptors (Lipinski definition) is 4. The number of nitrogens with zero attached hydrogens (tertiary/aromatic N) is 4. The summed E-state index contributed by atoms with van der Waals surface area (Å²) < 4.78 is 2.14. The Balaban J connectivity index is 1.45. The minimum absolute atomic E-state index is 0.0274. The maximum Gasteiger partial charge on any atom is 0.246 e. The van der Waals surface area contributed by atoms with Gasteiger partial charge in [0.05, 0.1) is 6.54 Å². The van der Waals surface area contributed by atoms with Gasteiger partial charge in [-0.1, -0.05) is 18.2 Å². The summed E-state index contributed by atoms with van der Waals surface area (Å²) in [6, 6.07) is 12.5. The standard InChI is InChI=1S/C23H27N5O/c1-26-11-10-24-23-19(15-26)12-17(14-25-23)8-9-22(29)27(2)16-20-13-18-6-4-5-7-21(18)28(20)3/h4-9,12-14H,10-11,15-16H2,1-3H3,(H,24,25). The molecule has 4 rings (SSSR count). The number of likely N-dealkylation sites (N-methyl/N-ethyl adjacent to an activating group) is 2. The number of fused-ring (bicyclic) bond motifs is 2. The molecule has 0 saturated heterocycles. The summed E-state index contributed by atoms with van der Waals surface area (Å²) >= 11 is 0. The number of para-hydroxylation sites is 1. The van der Waals surface area contributed by atoms with E-state index in [9.17, 15) is 4.79 Å². The van der Waals surface area contributed by atoms with Crippen molar-refractivity contribution in [1.82, 2.24) is 19.4 Å². The van der Waals surface area contributed by atoms with Crippen molar-refractivity contribution < 1.29 is 4.79 Å². The molecule has 1 aromatic carbocycles. The van der Waals surface area contributed by atoms with Gasteiger partial charge in [0.25, 0.3) is 0 Å². The fourth-order valence-corrected chi connectivity index (χ4v) is 3.75. The molecule has 1 aliphatic rings. The van der Waals surface area contributed by atoms with Gasteiger partial charge in [-0.3, -0.25) is 4.79 Å². The molecule has 0 saturated carbocycles. The van der Waals surface area contributed by atoms with Gasteiger partial charge >= 0.3 is 0 Å². The van der Waals surface area contributed by atoms with Crippen LogP contribution in [-0.2, 0) is 24.9 Å². The van der Waals surface area contributed by atoms with Crippen molar-refractivity contribution in [2.45, 2.75) is 13.1 Å². The quantitative estimate of drug-likeness (QED) is 0.697. The molecule has 0 fully saturated rings. The third-order valence-corrected chi connectivity index (χ3v) is 5.46. The Morgan fingerprint density at radius 3 is 2.93 bits per heavy atom. The number of carbonyl (C=O) groups is 1. The normalized spacial score (nSPS) is 14.6. The van der Waals surface area contributed by atoms with Crippen molar-refractivity contribution >= 4 is 28.7 Å². The molecule has 0 radical (unpaired) electrons. The predicted molar refractivity (Wildman–Crippen MR) is 117 cm³/mol. The number of rotatable bonds is 4. The first-order valence-corrected chi connectivity index (χ1v) is 9.89. The first-order chi connectivity index (χ1) is 14.0. The largest absolute Gasteiger partial charge is 0.369 e. The molecule has 1 amide bonds. The number of benzene rings is 1. The van der Waals surface area contributed by atoms with Crippen molar-refractivity contribution in [2.24, 2.45) is 7.05 Å². The van der Waals surface area contributed by atoms with Crippen LogP contribution in [0.4, 0.5) is 5.82 Å². The Hall–Kier alpha value is -3.12. The molecule has 0 aliphatic carbocycles. The molecule has 150 valence electrons. The topological polar surface area (TPSA) is 53.4 Å². The summed E-state index contributed by atoms with van der Waals surface area (Å²) in [6.07, 6.45) is 5.28. The number of nitrogens with one attached hydrogen (secondary N) is 1. The van der Waals surface area contributed by atoms with Crippen molar-refractivity contribution in [3.8, 4) is 0 Å². The summed E-state index contributed by atoms with van der Waals surface area (Å²) in [4.78, 5) is 21.1. The number of amides is 1. The molecule has 3 heterocycles. The van der Waals surface area contributed by atoms with E-state index in [1.165, 1.54) is 10.9 Å². The first-order valence-electron chi connectivity index (χ1n) is 9.89. The summed E-state index contributed by atoms with van der Waals surface area (Å²) in [6.45, 7) is 3.29. The highest BCUT2D eigenvalue weighted by Gasteiger charge is 2.13. The molecule has 3 aromatic rings. The van der Waals surface area contributed by atoms with Gasteiger partial charge in [-0.05, 0) is 42.3 Å². The average Bonchev–Trinajstić information content (AvgIpc) is 2.90. The Labute approximate surface area is 171 Å². The van der Waals surface area contributed by atoms with Crippen LogP contribution in [0.3, 0.4) is 0 Å². The second-order valence-electron chi connectivity index (χ2n) is 7.72. The zero-order chi connectivity index (χ0) is 20.4. The molecular formula is C23H27N5O. The van der Waals surface area contributed by atoms with E-state index in [1.807, 2.05) is 38.5 Å². The number of carbonyl (C=O) groups excluding carboxylic acids is 1. The van der Waals surface area contributed by atoms with Gasteiger partial charge in [0.15, 0.2) is 0 Å². The second kappa shape index (κ2) is 8.09. The fraction of sp³-hybridized carbons (Fsp3) is 0.304. The third-order valence-electron chi connectivity index (χ3n) is 5.46. The van der Waals surface area contributed by atoms with Gasteiger partial charge in [-0.2, -0.15) is 0 Å². The SMILES string of the molecule is CN1CCNc2ncc(C=CC(=O)N(C)Cc3cc4ccccc4n3C)cc2C1. The molecule has 1 aliphatic heterocycles. The maximum atomic E-state index is 12.6. The van der Waals surface area contributed by atoms with Crippen LogP contribution >= 0.6 is 0 Å². The number of anilines is 1. The van der Waals surface area contributed by atoms with Crippen LogP contribution in [0.15, 0.2) is 48.7 Å². The van der Waals surface area contributed by atoms with Crippen LogP contribution in [0.25, 0.3) is 17.0 Å². The number of pyridine rings is 1. The smallest absolute Gasteiger partial charge is 0.246 e. The van der Waals surface area contributed by atoms with E-state index >= 15 is 0 Å². The molecule has 0 unspecified atom stereocenters. The molecule has 0 atom stereocenters. The van der Waals surface area contributed by atoms with Gasteiger partial charge in [0.1, 0.15) is 5.82 Å². The Morgan fingerprint density at radius 1 is 1.28 bits per heavy atom. The second-order valence-corrected chi connectivity index (χ2v) is 7.72. The van der Waals surface area contributed by atoms with E-state index in [2.05, 4.69) is 51.1 Å². The molecule has 6 heteroatoms. The van der Waals surface area contributed by atoms with Gasteiger partial charge < -0.3 is 19.7 Å². The Kier molecular flexibility index (Phi) is 5.36. The third kappa shape index (κ3) is 4.17. The molecule has 0 spiro atoms. The lowest BCUT2D eigenvalue weighted by atomic mass is 10.1. The number of aryl methyl sites for hydroxylation is 1. The van der Waals surface area contributed by atoms with Crippen molar-refractivity contribution in [2.75, 3.05) is 32.5 Å². The summed E-state index contributed by atoms with van der Waals surface area (Å²) in [5.74, 6) is 0.908. The monoisotopic (exact) mass is 389 g/mol. The maximum absolute atomic E-state index is 12.6. The van der Waals surface area contributed by atoms with Crippen molar-refractivity contribution in [3.63, 3.8) is 0 Å². The van der Waals surface area contributed by atoms with Crippen LogP contribution in [0.5, 0.6) is 0 Å². The Bertz CT molecular complexity index is 1070. The van der Waals surface area contributed by atoms with E-state index in [1.54, 1.807) is 11.0 Å². The van der Waals surface area contributed by atoms with Crippen LogP contribution in [0.1, 0.15) is 16.8 Å². The van der Waals surface area contributed by atoms with Crippen molar-refractivity contribution in [3.05, 3.63) is 65.5 Å². The van der Waals surface area contributed by atoms with E-state index in [4.69, 9.17) is 0 Å². The lowest BCUT2D eigenvalue weighted by molar-refractivity contribution is -0.125. The zero-order valence-electron chi connectivity index (χ0n) is 17.2. The number of hydrogen-bond donors (Lipinski definition) is 1. The molecular weight excluding hydrogens is 362 g/mol. The van der Waals surface area contributed by atoms with Gasteiger partial charge in [0.2, 0.25) is 5.91 Å². The lowest BCUT2D eigenvalue weighted by Gasteiger charge is -2.16. The minimum atomic E-state index is -0.0274. The summed E-state index contributed by atoms with van der Waals surface area (Å²) in [5, 5.41) is 4.55. The van der Waals surface area contributed by atoms with Crippen molar-refractivity contribution in [1.29, 1.82) is 0 Å². The highest BCUT2D eigenvalue weighted by Crippen LogP contribution is 2.20. The molecule has 0 bridgehead atoms. The van der Waals surface area contributed by atoms with E-state index in [0.29, 0.717) is 6.54 Å². The highest BCUT2D eigenvalue weighted by atomic mass is 16.2. The summed E-state index contributed by atoms with van der Waals surface area (Å²) in [5.41, 5.74) is 4.38. The Morgan fingerprint density at radius 2 is 2.10 bits per heavy atom. The average molecular weight is 390 g/mol. The van der Waals surface area contributed by atoms with Gasteiger partial charge in [-0.25, -0.2) is 4.98 Å². The highest BCUT2D eigenvalue weighted by molar-refractivity contribution is 5.91. The van der Waals surface area contributed by atoms with Crippen LogP contribution in [-0.4, -0.2) is 52.4 Å².